The first-order valence-corrected chi connectivity index (χ1v) is 8.95. The number of fused-ring (bicyclic) bond motifs is 1. The zero-order chi connectivity index (χ0) is 18.5. The fourth-order valence-electron chi connectivity index (χ4n) is 2.94. The molecule has 1 fully saturated rings. The second-order valence-corrected chi connectivity index (χ2v) is 6.36. The molecule has 0 spiro atoms. The SMILES string of the molecule is O=C(NCCc1ccccc1)Nc1cc2[nH]nc(OC3CCOC3)c2cn1. The number of ether oxygens (including phenoxy) is 2. The molecule has 0 saturated carbocycles. The number of rotatable bonds is 6. The fourth-order valence-corrected chi connectivity index (χ4v) is 2.94. The molecule has 27 heavy (non-hydrogen) atoms. The van der Waals surface area contributed by atoms with Crippen LogP contribution in [0, 0.1) is 0 Å². The average Bonchev–Trinajstić information content (AvgIpc) is 3.33. The third kappa shape index (κ3) is 4.35. The van der Waals surface area contributed by atoms with Crippen molar-refractivity contribution in [2.24, 2.45) is 0 Å². The van der Waals surface area contributed by atoms with E-state index in [1.807, 2.05) is 30.3 Å². The number of carbonyl (C=O) groups excluding carboxylic acids is 1. The van der Waals surface area contributed by atoms with Gasteiger partial charge in [-0.15, -0.1) is 5.10 Å². The molecule has 3 aromatic rings. The summed E-state index contributed by atoms with van der Waals surface area (Å²) in [6.45, 7) is 1.83. The molecular weight excluding hydrogens is 346 g/mol. The van der Waals surface area contributed by atoms with E-state index in [-0.39, 0.29) is 12.1 Å². The first kappa shape index (κ1) is 17.3. The van der Waals surface area contributed by atoms with Crippen molar-refractivity contribution in [2.75, 3.05) is 25.1 Å². The normalized spacial score (nSPS) is 16.4. The summed E-state index contributed by atoms with van der Waals surface area (Å²) in [5, 5.41) is 13.4. The summed E-state index contributed by atoms with van der Waals surface area (Å²) < 4.78 is 11.1. The van der Waals surface area contributed by atoms with Gasteiger partial charge in [-0.25, -0.2) is 9.78 Å². The van der Waals surface area contributed by atoms with E-state index in [1.54, 1.807) is 12.3 Å². The molecule has 140 valence electrons. The van der Waals surface area contributed by atoms with Crippen LogP contribution in [0.4, 0.5) is 10.6 Å². The maximum Gasteiger partial charge on any atom is 0.320 e. The van der Waals surface area contributed by atoms with E-state index in [4.69, 9.17) is 9.47 Å². The monoisotopic (exact) mass is 367 g/mol. The van der Waals surface area contributed by atoms with Crippen molar-refractivity contribution in [1.29, 1.82) is 0 Å². The Morgan fingerprint density at radius 1 is 1.33 bits per heavy atom. The number of anilines is 1. The zero-order valence-electron chi connectivity index (χ0n) is 14.8. The van der Waals surface area contributed by atoms with Crippen LogP contribution in [-0.4, -0.2) is 47.1 Å². The Labute approximate surface area is 156 Å². The maximum atomic E-state index is 12.0. The van der Waals surface area contributed by atoms with Crippen molar-refractivity contribution in [2.45, 2.75) is 18.9 Å². The third-order valence-electron chi connectivity index (χ3n) is 4.36. The molecule has 2 amide bonds. The van der Waals surface area contributed by atoms with E-state index in [2.05, 4.69) is 25.8 Å². The molecular formula is C19H21N5O3. The standard InChI is InChI=1S/C19H21N5O3/c25-19(20-8-6-13-4-2-1-3-5-13)22-17-10-16-15(11-21-17)18(24-23-16)27-14-7-9-26-12-14/h1-5,10-11,14H,6-9,12H2,(H,23,24)(H2,20,21,22,25). The lowest BCUT2D eigenvalue weighted by atomic mass is 10.1. The number of nitrogens with one attached hydrogen (secondary N) is 3. The highest BCUT2D eigenvalue weighted by Gasteiger charge is 2.20. The summed E-state index contributed by atoms with van der Waals surface area (Å²) in [6.07, 6.45) is 3.28. The van der Waals surface area contributed by atoms with Crippen LogP contribution in [0.5, 0.6) is 5.88 Å². The molecule has 1 unspecified atom stereocenters. The highest BCUT2D eigenvalue weighted by Crippen LogP contribution is 2.25. The summed E-state index contributed by atoms with van der Waals surface area (Å²) in [6, 6.07) is 11.4. The Morgan fingerprint density at radius 2 is 2.22 bits per heavy atom. The predicted molar refractivity (Wildman–Crippen MR) is 101 cm³/mol. The van der Waals surface area contributed by atoms with Crippen LogP contribution in [0.2, 0.25) is 0 Å². The molecule has 2 aromatic heterocycles. The van der Waals surface area contributed by atoms with Crippen molar-refractivity contribution in [3.8, 4) is 5.88 Å². The molecule has 8 nitrogen and oxygen atoms in total. The Hall–Kier alpha value is -3.13. The van der Waals surface area contributed by atoms with Gasteiger partial charge in [-0.1, -0.05) is 30.3 Å². The zero-order valence-corrected chi connectivity index (χ0v) is 14.8. The van der Waals surface area contributed by atoms with Crippen LogP contribution in [0.1, 0.15) is 12.0 Å². The van der Waals surface area contributed by atoms with Gasteiger partial charge >= 0.3 is 6.03 Å². The van der Waals surface area contributed by atoms with E-state index < -0.39 is 0 Å². The maximum absolute atomic E-state index is 12.0. The van der Waals surface area contributed by atoms with E-state index in [1.165, 1.54) is 5.56 Å². The van der Waals surface area contributed by atoms with Gasteiger partial charge in [0.2, 0.25) is 5.88 Å². The number of benzene rings is 1. The molecule has 1 saturated heterocycles. The summed E-state index contributed by atoms with van der Waals surface area (Å²) in [4.78, 5) is 16.3. The molecule has 1 aliphatic heterocycles. The molecule has 3 heterocycles. The molecule has 1 aliphatic rings. The molecule has 8 heteroatoms. The van der Waals surface area contributed by atoms with E-state index in [0.717, 1.165) is 23.7 Å². The number of hydrogen-bond acceptors (Lipinski definition) is 5. The molecule has 1 atom stereocenters. The van der Waals surface area contributed by atoms with Crippen LogP contribution in [-0.2, 0) is 11.2 Å². The van der Waals surface area contributed by atoms with Crippen LogP contribution >= 0.6 is 0 Å². The number of aromatic nitrogens is 3. The minimum atomic E-state index is -0.295. The largest absolute Gasteiger partial charge is 0.470 e. The van der Waals surface area contributed by atoms with Gasteiger partial charge in [0.05, 0.1) is 24.1 Å². The summed E-state index contributed by atoms with van der Waals surface area (Å²) >= 11 is 0. The fraction of sp³-hybridized carbons (Fsp3) is 0.316. The van der Waals surface area contributed by atoms with Crippen molar-refractivity contribution >= 4 is 22.8 Å². The number of urea groups is 1. The minimum absolute atomic E-state index is 0.0182. The number of hydrogen-bond donors (Lipinski definition) is 3. The lowest BCUT2D eigenvalue weighted by Crippen LogP contribution is -2.30. The van der Waals surface area contributed by atoms with E-state index >= 15 is 0 Å². The Bertz CT molecular complexity index is 906. The van der Waals surface area contributed by atoms with Crippen molar-refractivity contribution in [3.05, 3.63) is 48.2 Å². The van der Waals surface area contributed by atoms with Gasteiger partial charge in [-0.2, -0.15) is 0 Å². The quantitative estimate of drug-likeness (QED) is 0.621. The van der Waals surface area contributed by atoms with Gasteiger partial charge in [0, 0.05) is 25.2 Å². The number of H-pyrrole nitrogens is 1. The minimum Gasteiger partial charge on any atom is -0.470 e. The molecule has 0 aliphatic carbocycles. The van der Waals surface area contributed by atoms with E-state index in [9.17, 15) is 4.79 Å². The molecule has 1 aromatic carbocycles. The molecule has 0 radical (unpaired) electrons. The van der Waals surface area contributed by atoms with Gasteiger partial charge in [0.1, 0.15) is 11.9 Å². The molecule has 3 N–H and O–H groups in total. The highest BCUT2D eigenvalue weighted by atomic mass is 16.5. The van der Waals surface area contributed by atoms with Crippen LogP contribution in [0.25, 0.3) is 10.9 Å². The smallest absolute Gasteiger partial charge is 0.320 e. The Morgan fingerprint density at radius 3 is 3.04 bits per heavy atom. The number of amides is 2. The third-order valence-corrected chi connectivity index (χ3v) is 4.36. The van der Waals surface area contributed by atoms with Crippen molar-refractivity contribution in [3.63, 3.8) is 0 Å². The van der Waals surface area contributed by atoms with Gasteiger partial charge in [-0.05, 0) is 12.0 Å². The predicted octanol–water partition coefficient (Wildman–Crippen LogP) is 2.49. The van der Waals surface area contributed by atoms with Crippen LogP contribution in [0.3, 0.4) is 0 Å². The van der Waals surface area contributed by atoms with Crippen LogP contribution in [0.15, 0.2) is 42.6 Å². The first-order chi connectivity index (χ1) is 13.3. The lowest BCUT2D eigenvalue weighted by Gasteiger charge is -2.09. The second kappa shape index (κ2) is 8.05. The number of pyridine rings is 1. The number of carbonyl (C=O) groups is 1. The van der Waals surface area contributed by atoms with Gasteiger partial charge < -0.3 is 14.8 Å². The van der Waals surface area contributed by atoms with Crippen molar-refractivity contribution < 1.29 is 14.3 Å². The topological polar surface area (TPSA) is 101 Å². The number of aromatic amines is 1. The lowest BCUT2D eigenvalue weighted by molar-refractivity contribution is 0.139. The van der Waals surface area contributed by atoms with Gasteiger partial charge in [-0.3, -0.25) is 10.4 Å². The van der Waals surface area contributed by atoms with Crippen molar-refractivity contribution in [1.82, 2.24) is 20.5 Å². The van der Waals surface area contributed by atoms with Gasteiger partial charge in [0.25, 0.3) is 0 Å². The number of nitrogens with zero attached hydrogens (tertiary/aromatic N) is 2. The summed E-state index contributed by atoms with van der Waals surface area (Å²) in [5.74, 6) is 0.950. The summed E-state index contributed by atoms with van der Waals surface area (Å²) in [5.41, 5.74) is 1.92. The molecule has 0 bridgehead atoms. The summed E-state index contributed by atoms with van der Waals surface area (Å²) in [7, 11) is 0. The molecule has 4 rings (SSSR count). The second-order valence-electron chi connectivity index (χ2n) is 6.36. The van der Waals surface area contributed by atoms with Gasteiger partial charge in [0.15, 0.2) is 0 Å². The van der Waals surface area contributed by atoms with Crippen LogP contribution < -0.4 is 15.4 Å². The van der Waals surface area contributed by atoms with E-state index in [0.29, 0.717) is 31.5 Å². The Kier molecular flexibility index (Phi) is 5.15. The Balaban J connectivity index is 1.32. The average molecular weight is 367 g/mol. The highest BCUT2D eigenvalue weighted by molar-refractivity contribution is 5.91. The first-order valence-electron chi connectivity index (χ1n) is 8.95.